The number of hydrogen-bond acceptors (Lipinski definition) is 1. The Labute approximate surface area is 79.7 Å². The van der Waals surface area contributed by atoms with Crippen molar-refractivity contribution in [2.45, 2.75) is 25.9 Å². The lowest BCUT2D eigenvalue weighted by Crippen LogP contribution is -2.07. The number of hydrogen-bond donors (Lipinski definition) is 1. The van der Waals surface area contributed by atoms with Crippen LogP contribution in [0.4, 0.5) is 0 Å². The quantitative estimate of drug-likeness (QED) is 0.748. The molecule has 0 heterocycles. The summed E-state index contributed by atoms with van der Waals surface area (Å²) in [7, 11) is 0. The lowest BCUT2D eigenvalue weighted by molar-refractivity contribution is 0.221. The Balaban J connectivity index is 2.68. The zero-order chi connectivity index (χ0) is 9.68. The van der Waals surface area contributed by atoms with Gasteiger partial charge in [0.25, 0.3) is 0 Å². The molecule has 0 aliphatic heterocycles. The second-order valence-electron chi connectivity index (χ2n) is 3.20. The molecule has 13 heavy (non-hydrogen) atoms. The topological polar surface area (TPSA) is 20.2 Å². The molecular formula is C12H16O. The summed E-state index contributed by atoms with van der Waals surface area (Å²) in [6.07, 6.45) is 1.37. The third kappa shape index (κ3) is 2.71. The Morgan fingerprint density at radius 3 is 2.54 bits per heavy atom. The molecule has 0 saturated heterocycles. The largest absolute Gasteiger partial charge is 0.388 e. The molecule has 1 atom stereocenters. The first-order chi connectivity index (χ1) is 6.25. The van der Waals surface area contributed by atoms with E-state index in [9.17, 15) is 5.11 Å². The fourth-order valence-electron chi connectivity index (χ4n) is 1.29. The second kappa shape index (κ2) is 4.83. The van der Waals surface area contributed by atoms with Gasteiger partial charge in [-0.3, -0.25) is 0 Å². The normalized spacial score (nSPS) is 12.5. The average Bonchev–Trinajstić information content (AvgIpc) is 2.18. The zero-order valence-corrected chi connectivity index (χ0v) is 8.03. The molecule has 0 amide bonds. The van der Waals surface area contributed by atoms with Gasteiger partial charge < -0.3 is 5.11 Å². The highest BCUT2D eigenvalue weighted by Gasteiger charge is 2.08. The van der Waals surface area contributed by atoms with E-state index in [0.29, 0.717) is 0 Å². The van der Waals surface area contributed by atoms with Crippen LogP contribution in [0.2, 0.25) is 0 Å². The van der Waals surface area contributed by atoms with Gasteiger partial charge >= 0.3 is 0 Å². The minimum absolute atomic E-state index is 0.396. The Morgan fingerprint density at radius 2 is 2.00 bits per heavy atom. The summed E-state index contributed by atoms with van der Waals surface area (Å²) in [5.74, 6) is 0. The van der Waals surface area contributed by atoms with Gasteiger partial charge in [0.2, 0.25) is 0 Å². The fourth-order valence-corrected chi connectivity index (χ4v) is 1.29. The minimum Gasteiger partial charge on any atom is -0.388 e. The number of rotatable bonds is 4. The van der Waals surface area contributed by atoms with Gasteiger partial charge in [-0.05, 0) is 17.6 Å². The summed E-state index contributed by atoms with van der Waals surface area (Å²) in [6, 6.07) is 9.82. The first-order valence-corrected chi connectivity index (χ1v) is 4.68. The predicted octanol–water partition coefficient (Wildman–Crippen LogP) is 2.86. The van der Waals surface area contributed by atoms with Crippen molar-refractivity contribution < 1.29 is 5.11 Å². The molecule has 1 N–H and O–H groups in total. The van der Waals surface area contributed by atoms with Crippen LogP contribution in [0.15, 0.2) is 36.9 Å². The highest BCUT2D eigenvalue weighted by molar-refractivity contribution is 5.66. The molecule has 0 radical (unpaired) electrons. The standard InChI is InChI=1S/C12H16O/c1-3-7-12(13)10(2)11-8-5-4-6-9-11/h4-6,8-9,12-13H,2-3,7H2,1H3/t12-/m0/s1. The maximum absolute atomic E-state index is 9.67. The summed E-state index contributed by atoms with van der Waals surface area (Å²) in [4.78, 5) is 0. The highest BCUT2D eigenvalue weighted by Crippen LogP contribution is 2.18. The minimum atomic E-state index is -0.396. The van der Waals surface area contributed by atoms with E-state index in [0.717, 1.165) is 24.0 Å². The first-order valence-electron chi connectivity index (χ1n) is 4.68. The number of benzene rings is 1. The van der Waals surface area contributed by atoms with E-state index in [1.807, 2.05) is 30.3 Å². The van der Waals surface area contributed by atoms with Crippen LogP contribution in [0.5, 0.6) is 0 Å². The fraction of sp³-hybridized carbons (Fsp3) is 0.333. The molecule has 1 rings (SSSR count). The van der Waals surface area contributed by atoms with E-state index >= 15 is 0 Å². The van der Waals surface area contributed by atoms with Crippen LogP contribution in [0.3, 0.4) is 0 Å². The van der Waals surface area contributed by atoms with E-state index in [2.05, 4.69) is 13.5 Å². The Bertz CT molecular complexity index is 264. The molecule has 0 saturated carbocycles. The van der Waals surface area contributed by atoms with Crippen LogP contribution in [0, 0.1) is 0 Å². The van der Waals surface area contributed by atoms with E-state index in [1.165, 1.54) is 0 Å². The van der Waals surface area contributed by atoms with Crippen LogP contribution in [0.25, 0.3) is 5.57 Å². The highest BCUT2D eigenvalue weighted by atomic mass is 16.3. The maximum atomic E-state index is 9.67. The van der Waals surface area contributed by atoms with Crippen molar-refractivity contribution in [3.63, 3.8) is 0 Å². The van der Waals surface area contributed by atoms with Crippen molar-refractivity contribution in [3.8, 4) is 0 Å². The van der Waals surface area contributed by atoms with Gasteiger partial charge in [-0.25, -0.2) is 0 Å². The van der Waals surface area contributed by atoms with Crippen molar-refractivity contribution in [1.29, 1.82) is 0 Å². The summed E-state index contributed by atoms with van der Waals surface area (Å²) in [6.45, 7) is 5.95. The Morgan fingerprint density at radius 1 is 1.38 bits per heavy atom. The molecule has 1 heteroatoms. The first kappa shape index (κ1) is 10.0. The molecule has 0 aromatic heterocycles. The van der Waals surface area contributed by atoms with E-state index in [4.69, 9.17) is 0 Å². The van der Waals surface area contributed by atoms with Crippen molar-refractivity contribution in [2.75, 3.05) is 0 Å². The summed E-state index contributed by atoms with van der Waals surface area (Å²) in [5.41, 5.74) is 1.85. The van der Waals surface area contributed by atoms with Crippen molar-refractivity contribution in [2.24, 2.45) is 0 Å². The molecule has 0 bridgehead atoms. The van der Waals surface area contributed by atoms with Gasteiger partial charge in [-0.1, -0.05) is 50.3 Å². The molecule has 1 aromatic rings. The monoisotopic (exact) mass is 176 g/mol. The number of aliphatic hydroxyl groups excluding tert-OH is 1. The van der Waals surface area contributed by atoms with Crippen LogP contribution in [-0.2, 0) is 0 Å². The van der Waals surface area contributed by atoms with Crippen molar-refractivity contribution in [1.82, 2.24) is 0 Å². The third-order valence-corrected chi connectivity index (χ3v) is 2.11. The van der Waals surface area contributed by atoms with Crippen molar-refractivity contribution >= 4 is 5.57 Å². The molecular weight excluding hydrogens is 160 g/mol. The zero-order valence-electron chi connectivity index (χ0n) is 8.03. The molecule has 0 unspecified atom stereocenters. The summed E-state index contributed by atoms with van der Waals surface area (Å²) >= 11 is 0. The molecule has 70 valence electrons. The van der Waals surface area contributed by atoms with Crippen LogP contribution >= 0.6 is 0 Å². The van der Waals surface area contributed by atoms with E-state index in [1.54, 1.807) is 0 Å². The van der Waals surface area contributed by atoms with Gasteiger partial charge in [-0.2, -0.15) is 0 Å². The molecule has 0 fully saturated rings. The molecule has 0 aliphatic rings. The van der Waals surface area contributed by atoms with Crippen molar-refractivity contribution in [3.05, 3.63) is 42.5 Å². The maximum Gasteiger partial charge on any atom is 0.0790 e. The van der Waals surface area contributed by atoms with Gasteiger partial charge in [0.05, 0.1) is 6.10 Å². The van der Waals surface area contributed by atoms with Crippen LogP contribution in [-0.4, -0.2) is 11.2 Å². The third-order valence-electron chi connectivity index (χ3n) is 2.11. The Hall–Kier alpha value is -1.08. The van der Waals surface area contributed by atoms with Crippen LogP contribution < -0.4 is 0 Å². The molecule has 1 aromatic carbocycles. The summed E-state index contributed by atoms with van der Waals surface area (Å²) in [5, 5.41) is 9.67. The molecule has 0 spiro atoms. The van der Waals surface area contributed by atoms with Crippen LogP contribution in [0.1, 0.15) is 25.3 Å². The van der Waals surface area contributed by atoms with E-state index in [-0.39, 0.29) is 0 Å². The predicted molar refractivity (Wildman–Crippen MR) is 56.4 cm³/mol. The lowest BCUT2D eigenvalue weighted by Gasteiger charge is -2.12. The van der Waals surface area contributed by atoms with Gasteiger partial charge in [0.15, 0.2) is 0 Å². The smallest absolute Gasteiger partial charge is 0.0790 e. The lowest BCUT2D eigenvalue weighted by atomic mass is 9.99. The number of aliphatic hydroxyl groups is 1. The van der Waals surface area contributed by atoms with Gasteiger partial charge in [0, 0.05) is 0 Å². The van der Waals surface area contributed by atoms with Gasteiger partial charge in [-0.15, -0.1) is 0 Å². The second-order valence-corrected chi connectivity index (χ2v) is 3.20. The SMILES string of the molecule is C=C(c1ccccc1)[C@@H](O)CCC. The molecule has 1 nitrogen and oxygen atoms in total. The van der Waals surface area contributed by atoms with Gasteiger partial charge in [0.1, 0.15) is 0 Å². The Kier molecular flexibility index (Phi) is 3.71. The molecule has 0 aliphatic carbocycles. The van der Waals surface area contributed by atoms with E-state index < -0.39 is 6.10 Å². The summed E-state index contributed by atoms with van der Waals surface area (Å²) < 4.78 is 0. The average molecular weight is 176 g/mol.